The second-order valence-electron chi connectivity index (χ2n) is 5.17. The van der Waals surface area contributed by atoms with Crippen molar-refractivity contribution < 1.29 is 4.52 Å². The fourth-order valence-corrected chi connectivity index (χ4v) is 2.77. The van der Waals surface area contributed by atoms with Crippen LogP contribution in [0.2, 0.25) is 0 Å². The number of aromatic nitrogens is 2. The normalized spacial score (nSPS) is 23.8. The number of hydrogen-bond donors (Lipinski definition) is 1. The molecule has 0 saturated carbocycles. The summed E-state index contributed by atoms with van der Waals surface area (Å²) in [6.07, 6.45) is 2.42. The Morgan fingerprint density at radius 1 is 1.53 bits per heavy atom. The highest BCUT2D eigenvalue weighted by Gasteiger charge is 2.36. The first-order valence-corrected chi connectivity index (χ1v) is 7.42. The number of nitrogens with one attached hydrogen (secondary N) is 1. The van der Waals surface area contributed by atoms with Gasteiger partial charge in [0.15, 0.2) is 5.82 Å². The van der Waals surface area contributed by atoms with Gasteiger partial charge in [0.2, 0.25) is 5.89 Å². The second kappa shape index (κ2) is 5.40. The van der Waals surface area contributed by atoms with Crippen LogP contribution in [0.3, 0.4) is 0 Å². The van der Waals surface area contributed by atoms with Gasteiger partial charge in [0.25, 0.3) is 0 Å². The molecular formula is C12H21N3OS. The summed E-state index contributed by atoms with van der Waals surface area (Å²) in [7, 11) is 0. The van der Waals surface area contributed by atoms with Crippen LogP contribution >= 0.6 is 11.8 Å². The third kappa shape index (κ3) is 3.01. The van der Waals surface area contributed by atoms with Crippen molar-refractivity contribution in [1.29, 1.82) is 0 Å². The molecule has 2 heterocycles. The summed E-state index contributed by atoms with van der Waals surface area (Å²) >= 11 is 1.82. The summed E-state index contributed by atoms with van der Waals surface area (Å²) in [5.41, 5.74) is 0.194. The predicted molar refractivity (Wildman–Crippen MR) is 69.9 cm³/mol. The molecule has 1 aliphatic rings. The molecule has 1 saturated heterocycles. The van der Waals surface area contributed by atoms with E-state index in [0.29, 0.717) is 0 Å². The zero-order valence-corrected chi connectivity index (χ0v) is 11.6. The molecule has 0 aliphatic carbocycles. The average molecular weight is 255 g/mol. The van der Waals surface area contributed by atoms with E-state index in [1.807, 2.05) is 11.8 Å². The van der Waals surface area contributed by atoms with Gasteiger partial charge in [-0.2, -0.15) is 16.7 Å². The van der Waals surface area contributed by atoms with Crippen molar-refractivity contribution in [2.75, 3.05) is 12.3 Å². The fraction of sp³-hybridized carbons (Fsp3) is 0.833. The van der Waals surface area contributed by atoms with E-state index in [1.165, 1.54) is 12.8 Å². The van der Waals surface area contributed by atoms with Gasteiger partial charge in [-0.1, -0.05) is 25.9 Å². The van der Waals surface area contributed by atoms with E-state index < -0.39 is 0 Å². The summed E-state index contributed by atoms with van der Waals surface area (Å²) in [6.45, 7) is 7.69. The standard InChI is InChI=1S/C12H21N3OS/c1-4-17-8-9-14-11(16-15-9)10-12(2,3)6-5-7-13-10/h10,13H,4-8H2,1-3H3. The molecule has 96 valence electrons. The van der Waals surface area contributed by atoms with E-state index in [9.17, 15) is 0 Å². The molecule has 2 rings (SSSR count). The molecule has 0 aromatic carbocycles. The summed E-state index contributed by atoms with van der Waals surface area (Å²) < 4.78 is 5.40. The van der Waals surface area contributed by atoms with E-state index >= 15 is 0 Å². The van der Waals surface area contributed by atoms with Crippen LogP contribution in [-0.2, 0) is 5.75 Å². The van der Waals surface area contributed by atoms with Crippen molar-refractivity contribution in [2.24, 2.45) is 5.41 Å². The molecule has 0 spiro atoms. The van der Waals surface area contributed by atoms with Gasteiger partial charge in [0, 0.05) is 0 Å². The number of hydrogen-bond acceptors (Lipinski definition) is 5. The molecule has 1 aromatic rings. The van der Waals surface area contributed by atoms with Gasteiger partial charge >= 0.3 is 0 Å². The largest absolute Gasteiger partial charge is 0.338 e. The van der Waals surface area contributed by atoms with Crippen molar-refractivity contribution in [1.82, 2.24) is 15.5 Å². The van der Waals surface area contributed by atoms with Crippen LogP contribution in [-0.4, -0.2) is 22.4 Å². The highest BCUT2D eigenvalue weighted by molar-refractivity contribution is 7.98. The minimum Gasteiger partial charge on any atom is -0.338 e. The first-order valence-electron chi connectivity index (χ1n) is 6.27. The van der Waals surface area contributed by atoms with Crippen LogP contribution in [0.15, 0.2) is 4.52 Å². The number of rotatable bonds is 4. The fourth-order valence-electron chi connectivity index (χ4n) is 2.27. The van der Waals surface area contributed by atoms with Gasteiger partial charge in [-0.05, 0) is 30.6 Å². The second-order valence-corrected chi connectivity index (χ2v) is 6.44. The van der Waals surface area contributed by atoms with Crippen molar-refractivity contribution in [3.8, 4) is 0 Å². The predicted octanol–water partition coefficient (Wildman–Crippen LogP) is 2.77. The zero-order chi connectivity index (χ0) is 12.3. The first kappa shape index (κ1) is 12.9. The summed E-state index contributed by atoms with van der Waals surface area (Å²) in [4.78, 5) is 4.51. The molecule has 0 bridgehead atoms. The first-order chi connectivity index (χ1) is 8.13. The summed E-state index contributed by atoms with van der Waals surface area (Å²) in [5, 5.41) is 7.54. The Morgan fingerprint density at radius 3 is 3.06 bits per heavy atom. The SMILES string of the molecule is CCSCc1noc(C2NCCCC2(C)C)n1. The lowest BCUT2D eigenvalue weighted by atomic mass is 9.77. The lowest BCUT2D eigenvalue weighted by Gasteiger charge is -2.36. The minimum atomic E-state index is 0.194. The Kier molecular flexibility index (Phi) is 4.09. The van der Waals surface area contributed by atoms with Gasteiger partial charge in [0.1, 0.15) is 0 Å². The van der Waals surface area contributed by atoms with Gasteiger partial charge in [-0.25, -0.2) is 0 Å². The Bertz CT molecular complexity index is 364. The third-order valence-electron chi connectivity index (χ3n) is 3.29. The molecule has 4 nitrogen and oxygen atoms in total. The van der Waals surface area contributed by atoms with Crippen LogP contribution < -0.4 is 5.32 Å². The van der Waals surface area contributed by atoms with E-state index in [4.69, 9.17) is 4.52 Å². The van der Waals surface area contributed by atoms with Crippen LogP contribution in [0.1, 0.15) is 51.4 Å². The van der Waals surface area contributed by atoms with Crippen LogP contribution in [0.25, 0.3) is 0 Å². The third-order valence-corrected chi connectivity index (χ3v) is 4.16. The smallest absolute Gasteiger partial charge is 0.244 e. The van der Waals surface area contributed by atoms with Crippen LogP contribution in [0, 0.1) is 5.41 Å². The van der Waals surface area contributed by atoms with Gasteiger partial charge < -0.3 is 9.84 Å². The lowest BCUT2D eigenvalue weighted by molar-refractivity contribution is 0.146. The maximum Gasteiger partial charge on any atom is 0.244 e. The molecule has 1 atom stereocenters. The van der Waals surface area contributed by atoms with Crippen molar-refractivity contribution >= 4 is 11.8 Å². The Labute approximate surface area is 107 Å². The zero-order valence-electron chi connectivity index (χ0n) is 10.8. The highest BCUT2D eigenvalue weighted by Crippen LogP contribution is 2.39. The monoisotopic (exact) mass is 255 g/mol. The Hall–Kier alpha value is -0.550. The number of piperidine rings is 1. The molecule has 0 amide bonds. The molecule has 17 heavy (non-hydrogen) atoms. The van der Waals surface area contributed by atoms with Crippen molar-refractivity contribution in [3.05, 3.63) is 11.7 Å². The molecular weight excluding hydrogens is 234 g/mol. The molecule has 1 unspecified atom stereocenters. The Morgan fingerprint density at radius 2 is 2.35 bits per heavy atom. The topological polar surface area (TPSA) is 51.0 Å². The Balaban J connectivity index is 2.07. The van der Waals surface area contributed by atoms with Crippen molar-refractivity contribution in [3.63, 3.8) is 0 Å². The molecule has 1 aromatic heterocycles. The molecule has 1 N–H and O–H groups in total. The van der Waals surface area contributed by atoms with Crippen LogP contribution in [0.4, 0.5) is 0 Å². The number of nitrogens with zero attached hydrogens (tertiary/aromatic N) is 2. The lowest BCUT2D eigenvalue weighted by Crippen LogP contribution is -2.39. The average Bonchev–Trinajstić information content (AvgIpc) is 2.74. The quantitative estimate of drug-likeness (QED) is 0.896. The van der Waals surface area contributed by atoms with Gasteiger partial charge in [-0.15, -0.1) is 0 Å². The van der Waals surface area contributed by atoms with Gasteiger partial charge in [0.05, 0.1) is 11.8 Å². The maximum atomic E-state index is 5.40. The molecule has 1 aliphatic heterocycles. The highest BCUT2D eigenvalue weighted by atomic mass is 32.2. The number of thioether (sulfide) groups is 1. The molecule has 0 radical (unpaired) electrons. The van der Waals surface area contributed by atoms with E-state index in [-0.39, 0.29) is 11.5 Å². The van der Waals surface area contributed by atoms with Crippen LogP contribution in [0.5, 0.6) is 0 Å². The van der Waals surface area contributed by atoms with Crippen molar-refractivity contribution in [2.45, 2.75) is 45.4 Å². The summed E-state index contributed by atoms with van der Waals surface area (Å²) in [6, 6.07) is 0.198. The van der Waals surface area contributed by atoms with E-state index in [0.717, 1.165) is 29.8 Å². The minimum absolute atomic E-state index is 0.194. The van der Waals surface area contributed by atoms with Gasteiger partial charge in [-0.3, -0.25) is 0 Å². The van der Waals surface area contributed by atoms with E-state index in [2.05, 4.69) is 36.2 Å². The summed E-state index contributed by atoms with van der Waals surface area (Å²) in [5.74, 6) is 3.49. The van der Waals surface area contributed by atoms with E-state index in [1.54, 1.807) is 0 Å². The maximum absolute atomic E-state index is 5.40. The molecule has 1 fully saturated rings. The molecule has 5 heteroatoms.